The fraction of sp³-hybridized carbons (Fsp3) is 0.370. The first kappa shape index (κ1) is 21.4. The molecule has 0 radical (unpaired) electrons. The summed E-state index contributed by atoms with van der Waals surface area (Å²) in [6.07, 6.45) is 7.75. The highest BCUT2D eigenvalue weighted by Crippen LogP contribution is 2.44. The molecule has 6 heteroatoms. The fourth-order valence-electron chi connectivity index (χ4n) is 5.26. The first-order chi connectivity index (χ1) is 16.2. The van der Waals surface area contributed by atoms with Gasteiger partial charge in [0.15, 0.2) is 5.92 Å². The van der Waals surface area contributed by atoms with Gasteiger partial charge in [-0.05, 0) is 56.2 Å². The standard InChI is InChI=1S/C27H29N3O3/c1-2-33-26(32)23-24(20-13-7-4-8-14-20)30-22-16-10-9-15-21(22)28-27(30)29(25(23)31)18-17-19-11-5-3-6-12-19/h3-7,9-12,15-16,20,23-24H,2,8,13-14,17-18H2,1H3/t20-,23-,24-/m0/s1. The maximum atomic E-state index is 13.9. The van der Waals surface area contributed by atoms with Crippen molar-refractivity contribution in [1.29, 1.82) is 0 Å². The van der Waals surface area contributed by atoms with Crippen molar-refractivity contribution < 1.29 is 14.3 Å². The minimum absolute atomic E-state index is 0.168. The van der Waals surface area contributed by atoms with Crippen LogP contribution in [0, 0.1) is 11.8 Å². The number of para-hydroxylation sites is 2. The molecule has 1 amide bonds. The van der Waals surface area contributed by atoms with Crippen LogP contribution in [-0.2, 0) is 20.7 Å². The van der Waals surface area contributed by atoms with Crippen LogP contribution in [0.1, 0.15) is 37.8 Å². The number of hydrogen-bond acceptors (Lipinski definition) is 4. The van der Waals surface area contributed by atoms with Crippen LogP contribution in [0.25, 0.3) is 11.0 Å². The van der Waals surface area contributed by atoms with E-state index in [2.05, 4.69) is 28.9 Å². The van der Waals surface area contributed by atoms with Crippen molar-refractivity contribution in [3.8, 4) is 0 Å². The van der Waals surface area contributed by atoms with Gasteiger partial charge in [0, 0.05) is 6.54 Å². The van der Waals surface area contributed by atoms with Gasteiger partial charge in [-0.1, -0.05) is 54.6 Å². The largest absolute Gasteiger partial charge is 0.465 e. The van der Waals surface area contributed by atoms with Crippen LogP contribution in [0.3, 0.4) is 0 Å². The molecule has 2 heterocycles. The number of nitrogens with zero attached hydrogens (tertiary/aromatic N) is 3. The minimum Gasteiger partial charge on any atom is -0.465 e. The third-order valence-electron chi connectivity index (χ3n) is 6.79. The van der Waals surface area contributed by atoms with Crippen molar-refractivity contribution in [2.24, 2.45) is 11.8 Å². The lowest BCUT2D eigenvalue weighted by atomic mass is 9.79. The Bertz CT molecular complexity index is 1180. The molecule has 5 rings (SSSR count). The molecule has 0 fully saturated rings. The Morgan fingerprint density at radius 2 is 1.88 bits per heavy atom. The molecule has 0 saturated heterocycles. The molecule has 0 saturated carbocycles. The summed E-state index contributed by atoms with van der Waals surface area (Å²) in [6.45, 7) is 2.50. The summed E-state index contributed by atoms with van der Waals surface area (Å²) in [5.41, 5.74) is 2.93. The van der Waals surface area contributed by atoms with E-state index < -0.39 is 11.9 Å². The SMILES string of the molecule is CCOC(=O)[C@@H]1C(=O)N(CCc2ccccc2)c2nc3ccccc3n2[C@H]1[C@H]1CC=CCC1. The number of imidazole rings is 1. The predicted molar refractivity (Wildman–Crippen MR) is 128 cm³/mol. The number of benzene rings is 2. The quantitative estimate of drug-likeness (QED) is 0.315. The number of fused-ring (bicyclic) bond motifs is 3. The van der Waals surface area contributed by atoms with Crippen LogP contribution in [0.2, 0.25) is 0 Å². The lowest BCUT2D eigenvalue weighted by molar-refractivity contribution is -0.155. The van der Waals surface area contributed by atoms with Gasteiger partial charge < -0.3 is 9.30 Å². The predicted octanol–water partition coefficient (Wildman–Crippen LogP) is 4.70. The first-order valence-corrected chi connectivity index (χ1v) is 11.8. The second kappa shape index (κ2) is 9.22. The Balaban J connectivity index is 1.63. The number of allylic oxidation sites excluding steroid dienone is 2. The molecule has 2 aliphatic rings. The van der Waals surface area contributed by atoms with E-state index in [1.165, 1.54) is 0 Å². The molecular formula is C27H29N3O3. The van der Waals surface area contributed by atoms with Crippen molar-refractivity contribution in [3.05, 3.63) is 72.3 Å². The number of carbonyl (C=O) groups is 2. The van der Waals surface area contributed by atoms with Crippen LogP contribution in [-0.4, -0.2) is 34.6 Å². The summed E-state index contributed by atoms with van der Waals surface area (Å²) in [5.74, 6) is -0.706. The van der Waals surface area contributed by atoms with E-state index in [0.717, 1.165) is 35.9 Å². The number of esters is 1. The second-order valence-corrected chi connectivity index (χ2v) is 8.76. The molecule has 33 heavy (non-hydrogen) atoms. The van der Waals surface area contributed by atoms with Crippen LogP contribution >= 0.6 is 0 Å². The lowest BCUT2D eigenvalue weighted by Gasteiger charge is -2.41. The van der Waals surface area contributed by atoms with Gasteiger partial charge in [-0.2, -0.15) is 0 Å². The summed E-state index contributed by atoms with van der Waals surface area (Å²) in [4.78, 5) is 33.7. The van der Waals surface area contributed by atoms with Crippen LogP contribution in [0.15, 0.2) is 66.7 Å². The van der Waals surface area contributed by atoms with Gasteiger partial charge in [-0.25, -0.2) is 4.98 Å². The zero-order valence-electron chi connectivity index (χ0n) is 18.9. The molecule has 6 nitrogen and oxygen atoms in total. The molecular weight excluding hydrogens is 414 g/mol. The fourth-order valence-corrected chi connectivity index (χ4v) is 5.26. The molecule has 3 atom stereocenters. The summed E-state index contributed by atoms with van der Waals surface area (Å²) in [6, 6.07) is 17.7. The van der Waals surface area contributed by atoms with Crippen LogP contribution in [0.5, 0.6) is 0 Å². The summed E-state index contributed by atoms with van der Waals surface area (Å²) < 4.78 is 7.60. The smallest absolute Gasteiger partial charge is 0.320 e. The van der Waals surface area contributed by atoms with Gasteiger partial charge in [-0.3, -0.25) is 14.5 Å². The summed E-state index contributed by atoms with van der Waals surface area (Å²) in [5, 5.41) is 0. The van der Waals surface area contributed by atoms with E-state index in [1.54, 1.807) is 11.8 Å². The molecule has 1 aromatic heterocycles. The average molecular weight is 444 g/mol. The minimum atomic E-state index is -0.873. The Hall–Kier alpha value is -3.41. The van der Waals surface area contributed by atoms with Crippen molar-refractivity contribution in [2.45, 2.75) is 38.6 Å². The maximum absolute atomic E-state index is 13.9. The van der Waals surface area contributed by atoms with E-state index in [4.69, 9.17) is 9.72 Å². The van der Waals surface area contributed by atoms with Gasteiger partial charge in [0.1, 0.15) is 0 Å². The Labute approximate surface area is 193 Å². The lowest BCUT2D eigenvalue weighted by Crippen LogP contribution is -2.52. The van der Waals surface area contributed by atoms with Gasteiger partial charge >= 0.3 is 5.97 Å². The second-order valence-electron chi connectivity index (χ2n) is 8.76. The molecule has 170 valence electrons. The van der Waals surface area contributed by atoms with Crippen LogP contribution < -0.4 is 4.90 Å². The highest BCUT2D eigenvalue weighted by atomic mass is 16.5. The Morgan fingerprint density at radius 1 is 1.09 bits per heavy atom. The Kier molecular flexibility index (Phi) is 5.99. The molecule has 1 aliphatic carbocycles. The number of rotatable bonds is 6. The zero-order valence-corrected chi connectivity index (χ0v) is 18.9. The molecule has 0 bridgehead atoms. The van der Waals surface area contributed by atoms with E-state index >= 15 is 0 Å². The van der Waals surface area contributed by atoms with Gasteiger partial charge in [-0.15, -0.1) is 0 Å². The molecule has 0 spiro atoms. The summed E-state index contributed by atoms with van der Waals surface area (Å²) >= 11 is 0. The molecule has 2 aromatic carbocycles. The third-order valence-corrected chi connectivity index (χ3v) is 6.79. The van der Waals surface area contributed by atoms with Crippen molar-refractivity contribution >= 4 is 28.9 Å². The zero-order chi connectivity index (χ0) is 22.8. The number of amides is 1. The molecule has 1 aliphatic heterocycles. The highest BCUT2D eigenvalue weighted by Gasteiger charge is 2.49. The number of aromatic nitrogens is 2. The van der Waals surface area contributed by atoms with Crippen molar-refractivity contribution in [3.63, 3.8) is 0 Å². The van der Waals surface area contributed by atoms with E-state index in [-0.39, 0.29) is 24.5 Å². The molecule has 3 aromatic rings. The van der Waals surface area contributed by atoms with E-state index in [0.29, 0.717) is 18.9 Å². The van der Waals surface area contributed by atoms with Crippen LogP contribution in [0.4, 0.5) is 5.95 Å². The maximum Gasteiger partial charge on any atom is 0.320 e. The van der Waals surface area contributed by atoms with E-state index in [9.17, 15) is 9.59 Å². The third kappa shape index (κ3) is 3.94. The highest BCUT2D eigenvalue weighted by molar-refractivity contribution is 6.08. The molecule has 0 N–H and O–H groups in total. The number of carbonyl (C=O) groups excluding carboxylic acids is 2. The normalized spacial score (nSPS) is 22.4. The van der Waals surface area contributed by atoms with Crippen molar-refractivity contribution in [2.75, 3.05) is 18.1 Å². The van der Waals surface area contributed by atoms with Gasteiger partial charge in [0.05, 0.1) is 23.7 Å². The van der Waals surface area contributed by atoms with Gasteiger partial charge in [0.25, 0.3) is 0 Å². The number of ether oxygens (including phenoxy) is 1. The van der Waals surface area contributed by atoms with Crippen molar-refractivity contribution in [1.82, 2.24) is 9.55 Å². The topological polar surface area (TPSA) is 64.4 Å². The number of anilines is 1. The molecule has 0 unspecified atom stereocenters. The summed E-state index contributed by atoms with van der Waals surface area (Å²) in [7, 11) is 0. The number of hydrogen-bond donors (Lipinski definition) is 0. The first-order valence-electron chi connectivity index (χ1n) is 11.8. The average Bonchev–Trinajstić information content (AvgIpc) is 3.23. The Morgan fingerprint density at radius 3 is 2.64 bits per heavy atom. The van der Waals surface area contributed by atoms with Gasteiger partial charge in [0.2, 0.25) is 11.9 Å². The monoisotopic (exact) mass is 443 g/mol. The van der Waals surface area contributed by atoms with E-state index in [1.807, 2.05) is 42.5 Å².